The fourth-order valence-electron chi connectivity index (χ4n) is 1.57. The maximum absolute atomic E-state index is 5.62. The number of ether oxygens (including phenoxy) is 1. The molecular formula is C10H13N3O. The quantitative estimate of drug-likeness (QED) is 0.771. The first-order valence-corrected chi connectivity index (χ1v) is 4.45. The zero-order valence-corrected chi connectivity index (χ0v) is 8.32. The number of aromatic nitrogens is 2. The largest absolute Gasteiger partial charge is 0.496 e. The molecule has 1 heterocycles. The third-order valence-electron chi connectivity index (χ3n) is 2.24. The van der Waals surface area contributed by atoms with E-state index in [9.17, 15) is 0 Å². The predicted molar refractivity (Wildman–Crippen MR) is 55.2 cm³/mol. The van der Waals surface area contributed by atoms with Gasteiger partial charge in [0.2, 0.25) is 0 Å². The van der Waals surface area contributed by atoms with Crippen molar-refractivity contribution in [1.82, 2.24) is 9.78 Å². The maximum Gasteiger partial charge on any atom is 0.125 e. The van der Waals surface area contributed by atoms with Crippen LogP contribution in [-0.4, -0.2) is 16.9 Å². The Morgan fingerprint density at radius 3 is 2.93 bits per heavy atom. The number of methoxy groups -OCH3 is 1. The summed E-state index contributed by atoms with van der Waals surface area (Å²) in [6.07, 6.45) is 1.97. The van der Waals surface area contributed by atoms with Crippen molar-refractivity contribution in [1.29, 1.82) is 0 Å². The molecule has 0 atom stereocenters. The summed E-state index contributed by atoms with van der Waals surface area (Å²) in [4.78, 5) is 0. The van der Waals surface area contributed by atoms with Crippen molar-refractivity contribution < 1.29 is 4.74 Å². The Labute approximate surface area is 82.3 Å². The summed E-state index contributed by atoms with van der Waals surface area (Å²) in [6, 6.07) is 3.93. The lowest BCUT2D eigenvalue weighted by molar-refractivity contribution is 0.410. The molecule has 2 aromatic rings. The topological polar surface area (TPSA) is 53.1 Å². The molecule has 0 radical (unpaired) electrons. The summed E-state index contributed by atoms with van der Waals surface area (Å²) >= 11 is 0. The summed E-state index contributed by atoms with van der Waals surface area (Å²) in [5, 5.41) is 5.38. The van der Waals surface area contributed by atoms with Gasteiger partial charge in [0.25, 0.3) is 0 Å². The van der Waals surface area contributed by atoms with Crippen molar-refractivity contribution >= 4 is 10.9 Å². The van der Waals surface area contributed by atoms with Gasteiger partial charge in [0, 0.05) is 36.8 Å². The van der Waals surface area contributed by atoms with Gasteiger partial charge in [-0.25, -0.2) is 0 Å². The summed E-state index contributed by atoms with van der Waals surface area (Å²) in [6.45, 7) is 0.480. The highest BCUT2D eigenvalue weighted by Crippen LogP contribution is 2.24. The van der Waals surface area contributed by atoms with Crippen LogP contribution in [0.3, 0.4) is 0 Å². The molecule has 2 rings (SSSR count). The predicted octanol–water partition coefficient (Wildman–Crippen LogP) is 1.04. The number of nitrogens with zero attached hydrogens (tertiary/aromatic N) is 2. The zero-order chi connectivity index (χ0) is 10.1. The smallest absolute Gasteiger partial charge is 0.125 e. The van der Waals surface area contributed by atoms with E-state index in [-0.39, 0.29) is 0 Å². The standard InChI is InChI=1S/C10H13N3O/c1-13-6-8-3-7(5-11)10(14-2)4-9(8)12-13/h3-4,6H,5,11H2,1-2H3. The first kappa shape index (κ1) is 9.02. The maximum atomic E-state index is 5.62. The highest BCUT2D eigenvalue weighted by Gasteiger charge is 2.06. The molecule has 0 saturated carbocycles. The molecule has 0 saturated heterocycles. The normalized spacial score (nSPS) is 10.8. The Kier molecular flexibility index (Phi) is 2.13. The summed E-state index contributed by atoms with van der Waals surface area (Å²) < 4.78 is 7.01. The zero-order valence-electron chi connectivity index (χ0n) is 8.32. The van der Waals surface area contributed by atoms with E-state index in [4.69, 9.17) is 10.5 Å². The van der Waals surface area contributed by atoms with Crippen LogP contribution in [0.25, 0.3) is 10.9 Å². The first-order chi connectivity index (χ1) is 6.74. The van der Waals surface area contributed by atoms with E-state index in [1.807, 2.05) is 25.4 Å². The average Bonchev–Trinajstić information content (AvgIpc) is 2.54. The molecule has 0 aliphatic heterocycles. The molecule has 0 aliphatic rings. The molecule has 1 aromatic carbocycles. The molecule has 74 valence electrons. The van der Waals surface area contributed by atoms with Crippen molar-refractivity contribution in [2.45, 2.75) is 6.54 Å². The molecule has 0 spiro atoms. The lowest BCUT2D eigenvalue weighted by atomic mass is 10.1. The van der Waals surface area contributed by atoms with E-state index in [0.29, 0.717) is 6.54 Å². The van der Waals surface area contributed by atoms with Gasteiger partial charge >= 0.3 is 0 Å². The van der Waals surface area contributed by atoms with Gasteiger partial charge in [0.15, 0.2) is 0 Å². The third-order valence-corrected chi connectivity index (χ3v) is 2.24. The molecule has 4 nitrogen and oxygen atoms in total. The fourth-order valence-corrected chi connectivity index (χ4v) is 1.57. The molecule has 2 N–H and O–H groups in total. The molecule has 0 unspecified atom stereocenters. The molecule has 4 heteroatoms. The Bertz CT molecular complexity index is 421. The van der Waals surface area contributed by atoms with Gasteiger partial charge < -0.3 is 10.5 Å². The lowest BCUT2D eigenvalue weighted by Crippen LogP contribution is -1.99. The van der Waals surface area contributed by atoms with E-state index in [1.54, 1.807) is 11.8 Å². The average molecular weight is 191 g/mol. The number of aryl methyl sites for hydroxylation is 1. The number of benzene rings is 1. The van der Waals surface area contributed by atoms with Crippen LogP contribution in [0.4, 0.5) is 0 Å². The van der Waals surface area contributed by atoms with E-state index < -0.39 is 0 Å². The van der Waals surface area contributed by atoms with Gasteiger partial charge in [-0.1, -0.05) is 0 Å². The Morgan fingerprint density at radius 2 is 2.29 bits per heavy atom. The van der Waals surface area contributed by atoms with Gasteiger partial charge in [-0.05, 0) is 6.07 Å². The van der Waals surface area contributed by atoms with Crippen LogP contribution >= 0.6 is 0 Å². The molecule has 0 fully saturated rings. The van der Waals surface area contributed by atoms with Crippen LogP contribution in [0, 0.1) is 0 Å². The number of hydrogen-bond acceptors (Lipinski definition) is 3. The van der Waals surface area contributed by atoms with E-state index in [2.05, 4.69) is 5.10 Å². The lowest BCUT2D eigenvalue weighted by Gasteiger charge is -2.05. The van der Waals surface area contributed by atoms with Gasteiger partial charge in [-0.3, -0.25) is 4.68 Å². The van der Waals surface area contributed by atoms with Crippen LogP contribution in [0.1, 0.15) is 5.56 Å². The highest BCUT2D eigenvalue weighted by atomic mass is 16.5. The number of rotatable bonds is 2. The van der Waals surface area contributed by atoms with Crippen molar-refractivity contribution in [2.24, 2.45) is 12.8 Å². The summed E-state index contributed by atoms with van der Waals surface area (Å²) in [5.41, 5.74) is 7.56. The number of hydrogen-bond donors (Lipinski definition) is 1. The second kappa shape index (κ2) is 3.31. The molecular weight excluding hydrogens is 178 g/mol. The van der Waals surface area contributed by atoms with Crippen molar-refractivity contribution in [3.8, 4) is 5.75 Å². The van der Waals surface area contributed by atoms with Crippen LogP contribution in [-0.2, 0) is 13.6 Å². The van der Waals surface area contributed by atoms with Crippen LogP contribution < -0.4 is 10.5 Å². The van der Waals surface area contributed by atoms with Crippen LogP contribution in [0.2, 0.25) is 0 Å². The summed E-state index contributed by atoms with van der Waals surface area (Å²) in [5.74, 6) is 0.804. The Balaban J connectivity index is 2.68. The van der Waals surface area contributed by atoms with Crippen LogP contribution in [0.5, 0.6) is 5.75 Å². The molecule has 1 aromatic heterocycles. The molecule has 0 amide bonds. The highest BCUT2D eigenvalue weighted by molar-refractivity contribution is 5.81. The van der Waals surface area contributed by atoms with E-state index in [1.165, 1.54) is 0 Å². The SMILES string of the molecule is COc1cc2nn(C)cc2cc1CN. The second-order valence-electron chi connectivity index (χ2n) is 3.23. The third kappa shape index (κ3) is 1.33. The van der Waals surface area contributed by atoms with Crippen LogP contribution in [0.15, 0.2) is 18.3 Å². The van der Waals surface area contributed by atoms with Gasteiger partial charge in [-0.15, -0.1) is 0 Å². The minimum absolute atomic E-state index is 0.480. The monoisotopic (exact) mass is 191 g/mol. The molecule has 0 bridgehead atoms. The fraction of sp³-hybridized carbons (Fsp3) is 0.300. The van der Waals surface area contributed by atoms with Crippen molar-refractivity contribution in [3.05, 3.63) is 23.9 Å². The minimum Gasteiger partial charge on any atom is -0.496 e. The minimum atomic E-state index is 0.480. The van der Waals surface area contributed by atoms with Crippen molar-refractivity contribution in [2.75, 3.05) is 7.11 Å². The Hall–Kier alpha value is -1.55. The summed E-state index contributed by atoms with van der Waals surface area (Å²) in [7, 11) is 3.54. The second-order valence-corrected chi connectivity index (χ2v) is 3.23. The molecule has 0 aliphatic carbocycles. The number of nitrogens with two attached hydrogens (primary N) is 1. The van der Waals surface area contributed by atoms with Gasteiger partial charge in [0.05, 0.1) is 12.6 Å². The Morgan fingerprint density at radius 1 is 1.50 bits per heavy atom. The number of fused-ring (bicyclic) bond motifs is 1. The molecule has 14 heavy (non-hydrogen) atoms. The van der Waals surface area contributed by atoms with Crippen molar-refractivity contribution in [3.63, 3.8) is 0 Å². The van der Waals surface area contributed by atoms with E-state index in [0.717, 1.165) is 22.2 Å². The van der Waals surface area contributed by atoms with Gasteiger partial charge in [-0.2, -0.15) is 5.10 Å². The van der Waals surface area contributed by atoms with Gasteiger partial charge in [0.1, 0.15) is 5.75 Å². The first-order valence-electron chi connectivity index (χ1n) is 4.45. The van der Waals surface area contributed by atoms with E-state index >= 15 is 0 Å².